The van der Waals surface area contributed by atoms with Crippen LogP contribution in [0.2, 0.25) is 0 Å². The van der Waals surface area contributed by atoms with Crippen molar-refractivity contribution in [3.63, 3.8) is 0 Å². The number of benzene rings is 1. The Kier molecular flexibility index (Phi) is 4.50. The molecule has 120 valence electrons. The molecule has 0 amide bonds. The number of aromatic nitrogens is 2. The summed E-state index contributed by atoms with van der Waals surface area (Å²) in [5.74, 6) is -0.0559. The molecule has 0 atom stereocenters. The summed E-state index contributed by atoms with van der Waals surface area (Å²) < 4.78 is 0. The Morgan fingerprint density at radius 2 is 1.74 bits per heavy atom. The lowest BCUT2D eigenvalue weighted by molar-refractivity contribution is 0.104. The van der Waals surface area contributed by atoms with E-state index in [1.807, 2.05) is 20.8 Å². The van der Waals surface area contributed by atoms with Crippen LogP contribution >= 0.6 is 0 Å². The van der Waals surface area contributed by atoms with Crippen LogP contribution in [0.3, 0.4) is 0 Å². The minimum Gasteiger partial charge on any atom is -0.504 e. The minimum absolute atomic E-state index is 0.126. The quantitative estimate of drug-likeness (QED) is 0.515. The van der Waals surface area contributed by atoms with Gasteiger partial charge >= 0.3 is 0 Å². The molecular formula is C18H20N2O3. The third-order valence-corrected chi connectivity index (χ3v) is 3.33. The zero-order chi connectivity index (χ0) is 17.2. The van der Waals surface area contributed by atoms with E-state index in [0.717, 1.165) is 5.82 Å². The first-order valence-corrected chi connectivity index (χ1v) is 7.26. The van der Waals surface area contributed by atoms with E-state index in [-0.39, 0.29) is 22.7 Å². The topological polar surface area (TPSA) is 83.3 Å². The Bertz CT molecular complexity index is 734. The average molecular weight is 312 g/mol. The zero-order valence-electron chi connectivity index (χ0n) is 13.7. The number of aryl methyl sites for hydroxylation is 1. The van der Waals surface area contributed by atoms with Crippen LogP contribution in [0.25, 0.3) is 6.08 Å². The van der Waals surface area contributed by atoms with Crippen molar-refractivity contribution in [2.75, 3.05) is 0 Å². The number of phenolic OH excluding ortho intramolecular Hbond substituents is 2. The fourth-order valence-electron chi connectivity index (χ4n) is 1.98. The van der Waals surface area contributed by atoms with Crippen LogP contribution in [0.1, 0.15) is 48.1 Å². The molecule has 0 fully saturated rings. The molecule has 0 unspecified atom stereocenters. The fraction of sp³-hybridized carbons (Fsp3) is 0.278. The number of hydrogen-bond acceptors (Lipinski definition) is 5. The molecule has 0 saturated carbocycles. The largest absolute Gasteiger partial charge is 0.504 e. The SMILES string of the molecule is Cc1cc(C(=O)C=Cc2cnc(C(C)(C)C)nc2)cc(O)c1O. The van der Waals surface area contributed by atoms with Crippen molar-refractivity contribution in [3.05, 3.63) is 53.1 Å². The van der Waals surface area contributed by atoms with Crippen molar-refractivity contribution >= 4 is 11.9 Å². The number of phenols is 2. The Labute approximate surface area is 135 Å². The molecule has 0 bridgehead atoms. The van der Waals surface area contributed by atoms with Gasteiger partial charge in [-0.3, -0.25) is 4.79 Å². The molecule has 2 N–H and O–H groups in total. The summed E-state index contributed by atoms with van der Waals surface area (Å²) in [6.07, 6.45) is 6.34. The van der Waals surface area contributed by atoms with Crippen LogP contribution in [0.15, 0.2) is 30.6 Å². The van der Waals surface area contributed by atoms with Gasteiger partial charge in [0.05, 0.1) is 0 Å². The van der Waals surface area contributed by atoms with E-state index < -0.39 is 0 Å². The lowest BCUT2D eigenvalue weighted by Crippen LogP contribution is -2.15. The number of ketones is 1. The predicted molar refractivity (Wildman–Crippen MR) is 88.6 cm³/mol. The van der Waals surface area contributed by atoms with E-state index in [1.54, 1.807) is 25.4 Å². The number of carbonyl (C=O) groups is 1. The second-order valence-corrected chi connectivity index (χ2v) is 6.45. The fourth-order valence-corrected chi connectivity index (χ4v) is 1.98. The average Bonchev–Trinajstić information content (AvgIpc) is 2.49. The first-order valence-electron chi connectivity index (χ1n) is 7.26. The Morgan fingerprint density at radius 1 is 1.13 bits per heavy atom. The van der Waals surface area contributed by atoms with Gasteiger partial charge in [-0.05, 0) is 36.8 Å². The van der Waals surface area contributed by atoms with Crippen LogP contribution in [0.4, 0.5) is 0 Å². The third-order valence-electron chi connectivity index (χ3n) is 3.33. The molecule has 0 aliphatic heterocycles. The molecule has 1 heterocycles. The maximum Gasteiger partial charge on any atom is 0.186 e. The molecule has 2 rings (SSSR count). The highest BCUT2D eigenvalue weighted by Crippen LogP contribution is 2.29. The van der Waals surface area contributed by atoms with Gasteiger partial charge < -0.3 is 10.2 Å². The Hall–Kier alpha value is -2.69. The lowest BCUT2D eigenvalue weighted by Gasteiger charge is -2.15. The molecule has 0 radical (unpaired) electrons. The highest BCUT2D eigenvalue weighted by Gasteiger charge is 2.16. The number of rotatable bonds is 3. The number of carbonyl (C=O) groups excluding carboxylic acids is 1. The van der Waals surface area contributed by atoms with E-state index >= 15 is 0 Å². The molecule has 23 heavy (non-hydrogen) atoms. The second kappa shape index (κ2) is 6.20. The Morgan fingerprint density at radius 3 is 2.26 bits per heavy atom. The molecule has 0 saturated heterocycles. The maximum absolute atomic E-state index is 12.1. The standard InChI is InChI=1S/C18H20N2O3/c1-11-7-13(8-15(22)16(11)23)14(21)6-5-12-9-19-17(20-10-12)18(2,3)4/h5-10,22-23H,1-4H3. The van der Waals surface area contributed by atoms with Crippen molar-refractivity contribution in [2.24, 2.45) is 0 Å². The first-order chi connectivity index (χ1) is 10.7. The van der Waals surface area contributed by atoms with Crippen molar-refractivity contribution in [1.29, 1.82) is 0 Å². The molecule has 0 spiro atoms. The second-order valence-electron chi connectivity index (χ2n) is 6.45. The van der Waals surface area contributed by atoms with E-state index in [4.69, 9.17) is 0 Å². The highest BCUT2D eigenvalue weighted by atomic mass is 16.3. The summed E-state index contributed by atoms with van der Waals surface area (Å²) in [5, 5.41) is 19.1. The van der Waals surface area contributed by atoms with Crippen LogP contribution < -0.4 is 0 Å². The summed E-state index contributed by atoms with van der Waals surface area (Å²) in [4.78, 5) is 20.7. The van der Waals surface area contributed by atoms with Gasteiger partial charge in [-0.15, -0.1) is 0 Å². The molecule has 0 aliphatic rings. The van der Waals surface area contributed by atoms with Gasteiger partial charge in [0.1, 0.15) is 5.82 Å². The van der Waals surface area contributed by atoms with Gasteiger partial charge in [-0.1, -0.05) is 20.8 Å². The number of aromatic hydroxyl groups is 2. The summed E-state index contributed by atoms with van der Waals surface area (Å²) in [5.41, 5.74) is 1.34. The molecule has 2 aromatic rings. The monoisotopic (exact) mass is 312 g/mol. The third kappa shape index (κ3) is 3.94. The van der Waals surface area contributed by atoms with E-state index in [1.165, 1.54) is 18.2 Å². The smallest absolute Gasteiger partial charge is 0.186 e. The molecule has 1 aromatic heterocycles. The molecule has 5 heteroatoms. The zero-order valence-corrected chi connectivity index (χ0v) is 13.7. The van der Waals surface area contributed by atoms with Crippen LogP contribution in [0.5, 0.6) is 11.5 Å². The van der Waals surface area contributed by atoms with Crippen LogP contribution in [-0.2, 0) is 5.41 Å². The van der Waals surface area contributed by atoms with Gasteiger partial charge in [0, 0.05) is 28.9 Å². The first kappa shape index (κ1) is 16.7. The molecule has 0 aliphatic carbocycles. The normalized spacial score (nSPS) is 11.8. The predicted octanol–water partition coefficient (Wildman–Crippen LogP) is 3.39. The van der Waals surface area contributed by atoms with E-state index in [9.17, 15) is 15.0 Å². The lowest BCUT2D eigenvalue weighted by atomic mass is 9.96. The van der Waals surface area contributed by atoms with Crippen molar-refractivity contribution < 1.29 is 15.0 Å². The number of nitrogens with zero attached hydrogens (tertiary/aromatic N) is 2. The summed E-state index contributed by atoms with van der Waals surface area (Å²) in [7, 11) is 0. The highest BCUT2D eigenvalue weighted by molar-refractivity contribution is 6.07. The van der Waals surface area contributed by atoms with Crippen LogP contribution in [0, 0.1) is 6.92 Å². The van der Waals surface area contributed by atoms with Crippen molar-refractivity contribution in [2.45, 2.75) is 33.1 Å². The summed E-state index contributed by atoms with van der Waals surface area (Å²) in [6.45, 7) is 7.71. The number of hydrogen-bond donors (Lipinski definition) is 2. The molecule has 1 aromatic carbocycles. The number of allylic oxidation sites excluding steroid dienone is 1. The van der Waals surface area contributed by atoms with Crippen molar-refractivity contribution in [1.82, 2.24) is 9.97 Å². The summed E-state index contributed by atoms with van der Waals surface area (Å²) >= 11 is 0. The minimum atomic E-state index is -0.306. The van der Waals surface area contributed by atoms with Crippen molar-refractivity contribution in [3.8, 4) is 11.5 Å². The Balaban J connectivity index is 2.18. The van der Waals surface area contributed by atoms with Gasteiger partial charge in [0.15, 0.2) is 17.3 Å². The van der Waals surface area contributed by atoms with Gasteiger partial charge in [-0.2, -0.15) is 0 Å². The molecular weight excluding hydrogens is 292 g/mol. The van der Waals surface area contributed by atoms with Crippen LogP contribution in [-0.4, -0.2) is 26.0 Å². The van der Waals surface area contributed by atoms with E-state index in [2.05, 4.69) is 9.97 Å². The van der Waals surface area contributed by atoms with Gasteiger partial charge in [0.2, 0.25) is 0 Å². The molecule has 5 nitrogen and oxygen atoms in total. The van der Waals surface area contributed by atoms with Gasteiger partial charge in [0.25, 0.3) is 0 Å². The van der Waals surface area contributed by atoms with Gasteiger partial charge in [-0.25, -0.2) is 9.97 Å². The van der Waals surface area contributed by atoms with E-state index in [0.29, 0.717) is 16.7 Å². The maximum atomic E-state index is 12.1. The summed E-state index contributed by atoms with van der Waals surface area (Å²) in [6, 6.07) is 2.77.